The molecule has 0 amide bonds. The largest absolute Gasteiger partial charge is 0.573 e. The highest BCUT2D eigenvalue weighted by Crippen LogP contribution is 2.29. The second-order valence-electron chi connectivity index (χ2n) is 5.60. The zero-order valence-corrected chi connectivity index (χ0v) is 14.5. The molecule has 0 aliphatic carbocycles. The van der Waals surface area contributed by atoms with Crippen LogP contribution in [-0.2, 0) is 0 Å². The van der Waals surface area contributed by atoms with E-state index in [1.165, 1.54) is 18.2 Å². The number of ether oxygens (including phenoxy) is 1. The van der Waals surface area contributed by atoms with Crippen LogP contribution in [0.5, 0.6) is 5.75 Å². The fourth-order valence-electron chi connectivity index (χ4n) is 2.41. The third-order valence-corrected chi connectivity index (χ3v) is 3.62. The van der Waals surface area contributed by atoms with Gasteiger partial charge in [0.15, 0.2) is 0 Å². The van der Waals surface area contributed by atoms with Gasteiger partial charge in [0.05, 0.1) is 5.69 Å². The molecule has 0 spiro atoms. The summed E-state index contributed by atoms with van der Waals surface area (Å²) in [6.07, 6.45) is -1.41. The Hall–Kier alpha value is -3.36. The third-order valence-electron chi connectivity index (χ3n) is 3.62. The summed E-state index contributed by atoms with van der Waals surface area (Å²) in [5.41, 5.74) is 2.71. The highest BCUT2D eigenvalue weighted by atomic mass is 19.4. The first kappa shape index (κ1) is 18.4. The Morgan fingerprint density at radius 1 is 1.00 bits per heavy atom. The van der Waals surface area contributed by atoms with Crippen molar-refractivity contribution in [1.29, 1.82) is 0 Å². The second kappa shape index (κ2) is 7.48. The van der Waals surface area contributed by atoms with Gasteiger partial charge in [-0.3, -0.25) is 4.98 Å². The summed E-state index contributed by atoms with van der Waals surface area (Å²) in [4.78, 5) is 12.7. The summed E-state index contributed by atoms with van der Waals surface area (Å²) >= 11 is 0. The van der Waals surface area contributed by atoms with Gasteiger partial charge < -0.3 is 15.4 Å². The number of alkyl halides is 3. The predicted molar refractivity (Wildman–Crippen MR) is 96.0 cm³/mol. The first-order valence-corrected chi connectivity index (χ1v) is 7.95. The number of pyridine rings is 1. The Bertz CT molecular complexity index is 932. The van der Waals surface area contributed by atoms with Gasteiger partial charge in [0, 0.05) is 36.8 Å². The topological polar surface area (TPSA) is 72.0 Å². The Morgan fingerprint density at radius 3 is 2.37 bits per heavy atom. The molecule has 2 N–H and O–H groups in total. The lowest BCUT2D eigenvalue weighted by atomic mass is 10.1. The van der Waals surface area contributed by atoms with Gasteiger partial charge in [0.2, 0.25) is 5.95 Å². The van der Waals surface area contributed by atoms with E-state index in [2.05, 4.69) is 30.3 Å². The quantitative estimate of drug-likeness (QED) is 0.683. The van der Waals surface area contributed by atoms with E-state index in [9.17, 15) is 13.2 Å². The standard InChI is InChI=1S/C18H16F3N5O/c1-11-9-13(27-18(19,20)21)3-4-14(11)24-16-10-15(25-17(22-2)26-16)12-5-7-23-8-6-12/h3-10H,1-2H3,(H2,22,24,25,26). The minimum atomic E-state index is -4.73. The van der Waals surface area contributed by atoms with E-state index in [-0.39, 0.29) is 5.75 Å². The molecular formula is C18H16F3N5O. The van der Waals surface area contributed by atoms with Crippen LogP contribution in [0.2, 0.25) is 0 Å². The van der Waals surface area contributed by atoms with Crippen LogP contribution >= 0.6 is 0 Å². The Balaban J connectivity index is 1.89. The SMILES string of the molecule is CNc1nc(Nc2ccc(OC(F)(F)F)cc2C)cc(-c2ccncc2)n1. The van der Waals surface area contributed by atoms with Crippen LogP contribution in [0, 0.1) is 6.92 Å². The van der Waals surface area contributed by atoms with Crippen LogP contribution < -0.4 is 15.4 Å². The number of hydrogen-bond donors (Lipinski definition) is 2. The van der Waals surface area contributed by atoms with Crippen LogP contribution in [0.25, 0.3) is 11.3 Å². The molecule has 3 rings (SSSR count). The first-order valence-electron chi connectivity index (χ1n) is 7.95. The number of halogens is 3. The van der Waals surface area contributed by atoms with E-state index in [1.54, 1.807) is 32.4 Å². The minimum Gasteiger partial charge on any atom is -0.406 e. The third kappa shape index (κ3) is 4.84. The average molecular weight is 375 g/mol. The first-order chi connectivity index (χ1) is 12.8. The van der Waals surface area contributed by atoms with Gasteiger partial charge >= 0.3 is 6.36 Å². The molecule has 6 nitrogen and oxygen atoms in total. The molecule has 3 aromatic rings. The highest BCUT2D eigenvalue weighted by molar-refractivity contribution is 5.68. The van der Waals surface area contributed by atoms with Crippen LogP contribution in [0.15, 0.2) is 48.8 Å². The van der Waals surface area contributed by atoms with E-state index < -0.39 is 6.36 Å². The Kier molecular flexibility index (Phi) is 5.11. The number of benzene rings is 1. The molecule has 0 bridgehead atoms. The van der Waals surface area contributed by atoms with Crippen molar-refractivity contribution < 1.29 is 17.9 Å². The predicted octanol–water partition coefficient (Wildman–Crippen LogP) is 4.53. The van der Waals surface area contributed by atoms with Gasteiger partial charge in [0.25, 0.3) is 0 Å². The lowest BCUT2D eigenvalue weighted by Crippen LogP contribution is -2.17. The van der Waals surface area contributed by atoms with E-state index in [0.717, 1.165) is 5.56 Å². The molecule has 0 radical (unpaired) electrons. The average Bonchev–Trinajstić information content (AvgIpc) is 2.63. The van der Waals surface area contributed by atoms with Gasteiger partial charge in [0.1, 0.15) is 11.6 Å². The van der Waals surface area contributed by atoms with E-state index in [4.69, 9.17) is 0 Å². The summed E-state index contributed by atoms with van der Waals surface area (Å²) in [6.45, 7) is 1.68. The van der Waals surface area contributed by atoms with Crippen molar-refractivity contribution in [2.24, 2.45) is 0 Å². The number of nitrogens with one attached hydrogen (secondary N) is 2. The van der Waals surface area contributed by atoms with Crippen LogP contribution in [0.4, 0.5) is 30.6 Å². The van der Waals surface area contributed by atoms with Gasteiger partial charge in [-0.05, 0) is 42.8 Å². The zero-order chi connectivity index (χ0) is 19.4. The lowest BCUT2D eigenvalue weighted by molar-refractivity contribution is -0.274. The number of anilines is 3. The fraction of sp³-hybridized carbons (Fsp3) is 0.167. The van der Waals surface area contributed by atoms with E-state index >= 15 is 0 Å². The molecule has 0 aliphatic rings. The Labute approximate surface area is 153 Å². The fourth-order valence-corrected chi connectivity index (χ4v) is 2.41. The molecule has 0 aliphatic heterocycles. The Morgan fingerprint density at radius 2 is 1.74 bits per heavy atom. The molecule has 0 saturated carbocycles. The smallest absolute Gasteiger partial charge is 0.406 e. The highest BCUT2D eigenvalue weighted by Gasteiger charge is 2.31. The number of aryl methyl sites for hydroxylation is 1. The van der Waals surface area contributed by atoms with Gasteiger partial charge in [-0.1, -0.05) is 0 Å². The molecule has 2 heterocycles. The molecule has 27 heavy (non-hydrogen) atoms. The normalized spacial score (nSPS) is 11.1. The maximum atomic E-state index is 12.3. The number of aromatic nitrogens is 3. The summed E-state index contributed by atoms with van der Waals surface area (Å²) in [5, 5.41) is 5.99. The maximum absolute atomic E-state index is 12.3. The van der Waals surface area contributed by atoms with Crippen molar-refractivity contribution in [2.75, 3.05) is 17.7 Å². The molecule has 0 atom stereocenters. The minimum absolute atomic E-state index is 0.276. The van der Waals surface area contributed by atoms with Gasteiger partial charge in [-0.25, -0.2) is 4.98 Å². The van der Waals surface area contributed by atoms with Gasteiger partial charge in [-0.2, -0.15) is 4.98 Å². The molecule has 2 aromatic heterocycles. The molecule has 0 unspecified atom stereocenters. The molecule has 140 valence electrons. The summed E-state index contributed by atoms with van der Waals surface area (Å²) in [5.74, 6) is 0.622. The number of rotatable bonds is 5. The molecular weight excluding hydrogens is 359 g/mol. The van der Waals surface area contributed by atoms with Crippen LogP contribution in [0.1, 0.15) is 5.56 Å². The van der Waals surface area contributed by atoms with Gasteiger partial charge in [-0.15, -0.1) is 13.2 Å². The molecule has 0 saturated heterocycles. The summed E-state index contributed by atoms with van der Waals surface area (Å²) in [6, 6.07) is 9.44. The molecule has 9 heteroatoms. The second-order valence-corrected chi connectivity index (χ2v) is 5.60. The van der Waals surface area contributed by atoms with Crippen LogP contribution in [-0.4, -0.2) is 28.4 Å². The van der Waals surface area contributed by atoms with Crippen molar-refractivity contribution in [1.82, 2.24) is 15.0 Å². The number of nitrogens with zero attached hydrogens (tertiary/aromatic N) is 3. The lowest BCUT2D eigenvalue weighted by Gasteiger charge is -2.14. The number of hydrogen-bond acceptors (Lipinski definition) is 6. The molecule has 1 aromatic carbocycles. The van der Waals surface area contributed by atoms with Crippen molar-refractivity contribution in [3.05, 3.63) is 54.4 Å². The van der Waals surface area contributed by atoms with E-state index in [1.807, 2.05) is 12.1 Å². The van der Waals surface area contributed by atoms with E-state index in [0.29, 0.717) is 28.7 Å². The summed E-state index contributed by atoms with van der Waals surface area (Å²) in [7, 11) is 1.70. The molecule has 0 fully saturated rings. The zero-order valence-electron chi connectivity index (χ0n) is 14.5. The van der Waals surface area contributed by atoms with Crippen molar-refractivity contribution >= 4 is 17.5 Å². The summed E-state index contributed by atoms with van der Waals surface area (Å²) < 4.78 is 41.0. The van der Waals surface area contributed by atoms with Crippen LogP contribution in [0.3, 0.4) is 0 Å². The monoisotopic (exact) mass is 375 g/mol. The van der Waals surface area contributed by atoms with Crippen molar-refractivity contribution in [2.45, 2.75) is 13.3 Å². The van der Waals surface area contributed by atoms with Crippen molar-refractivity contribution in [3.8, 4) is 17.0 Å². The maximum Gasteiger partial charge on any atom is 0.573 e. The van der Waals surface area contributed by atoms with Crippen molar-refractivity contribution in [3.63, 3.8) is 0 Å².